The maximum Gasteiger partial charge on any atom is 0.263 e. The smallest absolute Gasteiger partial charge is 0.263 e. The summed E-state index contributed by atoms with van der Waals surface area (Å²) in [5.41, 5.74) is 0.770. The lowest BCUT2D eigenvalue weighted by atomic mass is 10.3. The van der Waals surface area contributed by atoms with E-state index in [1.165, 1.54) is 19.2 Å². The largest absolute Gasteiger partial charge is 0.497 e. The van der Waals surface area contributed by atoms with Crippen LogP contribution in [0.25, 0.3) is 11.4 Å². The third kappa shape index (κ3) is 3.46. The summed E-state index contributed by atoms with van der Waals surface area (Å²) in [7, 11) is -2.20. The molecular formula is C14H12N4O3S2. The SMILES string of the molecule is COc1ccc(S(=O)(=O)Nc2nc(-c3ccncc3)ns2)cc1. The second-order valence-corrected chi connectivity index (χ2v) is 6.87. The van der Waals surface area contributed by atoms with Crippen LogP contribution in [0.3, 0.4) is 0 Å². The molecule has 0 aliphatic heterocycles. The molecule has 0 fully saturated rings. The number of anilines is 1. The fraction of sp³-hybridized carbons (Fsp3) is 0.0714. The van der Waals surface area contributed by atoms with Crippen molar-refractivity contribution < 1.29 is 13.2 Å². The molecule has 3 aromatic rings. The van der Waals surface area contributed by atoms with E-state index < -0.39 is 10.0 Å². The van der Waals surface area contributed by atoms with Gasteiger partial charge in [-0.15, -0.1) is 0 Å². The average Bonchev–Trinajstić information content (AvgIpc) is 3.03. The monoisotopic (exact) mass is 348 g/mol. The highest BCUT2D eigenvalue weighted by Gasteiger charge is 2.17. The molecule has 0 aliphatic rings. The van der Waals surface area contributed by atoms with E-state index in [0.29, 0.717) is 11.6 Å². The predicted molar refractivity (Wildman–Crippen MR) is 86.9 cm³/mol. The van der Waals surface area contributed by atoms with Gasteiger partial charge in [-0.1, -0.05) is 0 Å². The van der Waals surface area contributed by atoms with Crippen LogP contribution in [0.1, 0.15) is 0 Å². The van der Waals surface area contributed by atoms with Crippen LogP contribution < -0.4 is 9.46 Å². The molecule has 0 atom stereocenters. The Bertz CT molecular complexity index is 893. The summed E-state index contributed by atoms with van der Waals surface area (Å²) < 4.78 is 36.2. The highest BCUT2D eigenvalue weighted by Crippen LogP contribution is 2.23. The van der Waals surface area contributed by atoms with Gasteiger partial charge in [0.1, 0.15) is 5.75 Å². The van der Waals surface area contributed by atoms with Crippen LogP contribution in [0.5, 0.6) is 5.75 Å². The lowest BCUT2D eigenvalue weighted by molar-refractivity contribution is 0.414. The number of rotatable bonds is 5. The minimum Gasteiger partial charge on any atom is -0.497 e. The lowest BCUT2D eigenvalue weighted by Crippen LogP contribution is -2.12. The zero-order valence-electron chi connectivity index (χ0n) is 12.0. The van der Waals surface area contributed by atoms with E-state index in [9.17, 15) is 8.42 Å². The van der Waals surface area contributed by atoms with Crippen LogP contribution in [0.15, 0.2) is 53.7 Å². The molecule has 1 aromatic carbocycles. The van der Waals surface area contributed by atoms with Gasteiger partial charge >= 0.3 is 0 Å². The number of benzene rings is 1. The molecule has 23 heavy (non-hydrogen) atoms. The number of nitrogens with zero attached hydrogens (tertiary/aromatic N) is 3. The Morgan fingerprint density at radius 3 is 2.43 bits per heavy atom. The molecule has 0 saturated heterocycles. The standard InChI is InChI=1S/C14H12N4O3S2/c1-21-11-2-4-12(5-3-11)23(19,20)18-14-16-13(17-22-14)10-6-8-15-9-7-10/h2-9H,1H3,(H,16,17,18). The van der Waals surface area contributed by atoms with Crippen molar-refractivity contribution in [2.45, 2.75) is 4.90 Å². The Hall–Kier alpha value is -2.52. The van der Waals surface area contributed by atoms with E-state index in [1.807, 2.05) is 0 Å². The Kier molecular flexibility index (Phi) is 4.22. The molecule has 7 nitrogen and oxygen atoms in total. The number of sulfonamides is 1. The fourth-order valence-electron chi connectivity index (χ4n) is 1.81. The van der Waals surface area contributed by atoms with Crippen molar-refractivity contribution in [1.82, 2.24) is 14.3 Å². The van der Waals surface area contributed by atoms with Crippen LogP contribution >= 0.6 is 11.5 Å². The molecule has 118 valence electrons. The van der Waals surface area contributed by atoms with Crippen LogP contribution in [0.4, 0.5) is 5.13 Å². The van der Waals surface area contributed by atoms with Crippen molar-refractivity contribution in [3.63, 3.8) is 0 Å². The number of aromatic nitrogens is 3. The van der Waals surface area contributed by atoms with E-state index in [1.54, 1.807) is 36.7 Å². The number of ether oxygens (including phenoxy) is 1. The van der Waals surface area contributed by atoms with E-state index in [4.69, 9.17) is 4.74 Å². The minimum absolute atomic E-state index is 0.124. The summed E-state index contributed by atoms with van der Waals surface area (Å²) in [4.78, 5) is 8.23. The van der Waals surface area contributed by atoms with Gasteiger partial charge in [-0.3, -0.25) is 9.71 Å². The maximum absolute atomic E-state index is 12.3. The number of nitrogens with one attached hydrogen (secondary N) is 1. The molecule has 0 radical (unpaired) electrons. The van der Waals surface area contributed by atoms with Crippen molar-refractivity contribution in [3.05, 3.63) is 48.8 Å². The zero-order chi connectivity index (χ0) is 16.3. The van der Waals surface area contributed by atoms with Gasteiger partial charge in [0.25, 0.3) is 10.0 Å². The van der Waals surface area contributed by atoms with Crippen molar-refractivity contribution in [1.29, 1.82) is 0 Å². The summed E-state index contributed by atoms with van der Waals surface area (Å²) in [5.74, 6) is 1.03. The molecule has 3 rings (SSSR count). The Labute approximate surface area is 137 Å². The average molecular weight is 348 g/mol. The summed E-state index contributed by atoms with van der Waals surface area (Å²) in [6.45, 7) is 0. The van der Waals surface area contributed by atoms with Crippen molar-refractivity contribution in [2.24, 2.45) is 0 Å². The molecule has 0 unspecified atom stereocenters. The second-order valence-electron chi connectivity index (χ2n) is 4.44. The van der Waals surface area contributed by atoms with Crippen LogP contribution in [-0.2, 0) is 10.0 Å². The predicted octanol–water partition coefficient (Wildman–Crippen LogP) is 2.41. The third-order valence-corrected chi connectivity index (χ3v) is 5.07. The van der Waals surface area contributed by atoms with Gasteiger partial charge in [-0.25, -0.2) is 8.42 Å². The van der Waals surface area contributed by atoms with E-state index >= 15 is 0 Å². The van der Waals surface area contributed by atoms with Gasteiger partial charge < -0.3 is 4.74 Å². The van der Waals surface area contributed by atoms with Gasteiger partial charge in [0, 0.05) is 29.5 Å². The van der Waals surface area contributed by atoms with Crippen molar-refractivity contribution in [3.8, 4) is 17.1 Å². The molecule has 1 N–H and O–H groups in total. The molecule has 0 aliphatic carbocycles. The molecular weight excluding hydrogens is 336 g/mol. The number of methoxy groups -OCH3 is 1. The molecule has 9 heteroatoms. The fourth-order valence-corrected chi connectivity index (χ4v) is 3.62. The molecule has 0 spiro atoms. The Balaban J connectivity index is 1.82. The van der Waals surface area contributed by atoms with Crippen molar-refractivity contribution >= 4 is 26.7 Å². The summed E-state index contributed by atoms with van der Waals surface area (Å²) in [5, 5.41) is 0.202. The first-order valence-corrected chi connectivity index (χ1v) is 8.75. The molecule has 2 heterocycles. The number of pyridine rings is 1. The van der Waals surface area contributed by atoms with E-state index in [2.05, 4.69) is 19.1 Å². The van der Waals surface area contributed by atoms with E-state index in [-0.39, 0.29) is 10.0 Å². The second kappa shape index (κ2) is 6.31. The highest BCUT2D eigenvalue weighted by molar-refractivity contribution is 7.93. The summed E-state index contributed by atoms with van der Waals surface area (Å²) in [6, 6.07) is 9.60. The molecule has 0 amide bonds. The quantitative estimate of drug-likeness (QED) is 0.761. The third-order valence-electron chi connectivity index (χ3n) is 2.96. The van der Waals surface area contributed by atoms with Gasteiger partial charge in [0.15, 0.2) is 5.82 Å². The first kappa shape index (κ1) is 15.4. The van der Waals surface area contributed by atoms with Gasteiger partial charge in [-0.05, 0) is 36.4 Å². The van der Waals surface area contributed by atoms with Gasteiger partial charge in [-0.2, -0.15) is 9.36 Å². The first-order chi connectivity index (χ1) is 11.1. The highest BCUT2D eigenvalue weighted by atomic mass is 32.2. The van der Waals surface area contributed by atoms with Crippen LogP contribution in [0.2, 0.25) is 0 Å². The number of hydrogen-bond donors (Lipinski definition) is 1. The number of hydrogen-bond acceptors (Lipinski definition) is 7. The van der Waals surface area contributed by atoms with Gasteiger partial charge in [0.05, 0.1) is 12.0 Å². The normalized spacial score (nSPS) is 11.2. The molecule has 2 aromatic heterocycles. The van der Waals surface area contributed by atoms with Gasteiger partial charge in [0.2, 0.25) is 5.13 Å². The maximum atomic E-state index is 12.3. The minimum atomic E-state index is -3.72. The first-order valence-electron chi connectivity index (χ1n) is 6.49. The molecule has 0 saturated carbocycles. The summed E-state index contributed by atoms with van der Waals surface area (Å²) >= 11 is 0.977. The topological polar surface area (TPSA) is 94.1 Å². The van der Waals surface area contributed by atoms with Crippen LogP contribution in [-0.4, -0.2) is 29.9 Å². The van der Waals surface area contributed by atoms with Crippen LogP contribution in [0, 0.1) is 0 Å². The molecule has 0 bridgehead atoms. The Morgan fingerprint density at radius 2 is 1.78 bits per heavy atom. The zero-order valence-corrected chi connectivity index (χ0v) is 13.6. The van der Waals surface area contributed by atoms with E-state index in [0.717, 1.165) is 17.1 Å². The summed E-state index contributed by atoms with van der Waals surface area (Å²) in [6.07, 6.45) is 3.25. The lowest BCUT2D eigenvalue weighted by Gasteiger charge is -2.05. The Morgan fingerprint density at radius 1 is 1.09 bits per heavy atom. The van der Waals surface area contributed by atoms with Crippen molar-refractivity contribution in [2.75, 3.05) is 11.8 Å².